The highest BCUT2D eigenvalue weighted by Gasteiger charge is 2.20. The van der Waals surface area contributed by atoms with Gasteiger partial charge in [-0.3, -0.25) is 9.59 Å². The highest BCUT2D eigenvalue weighted by Crippen LogP contribution is 2.32. The number of nitrogens with zero attached hydrogens (tertiary/aromatic N) is 2. The topological polar surface area (TPSA) is 119 Å². The maximum atomic E-state index is 13.4. The summed E-state index contributed by atoms with van der Waals surface area (Å²) in [6.45, 7) is 0.825. The van der Waals surface area contributed by atoms with Crippen LogP contribution in [-0.4, -0.2) is 60.5 Å². The molecule has 1 atom stereocenters. The molecular weight excluding hydrogens is 562 g/mol. The van der Waals surface area contributed by atoms with Gasteiger partial charge in [-0.05, 0) is 59.7 Å². The Morgan fingerprint density at radius 2 is 1.66 bits per heavy atom. The monoisotopic (exact) mass is 591 g/mol. The molecule has 4 rings (SSSR count). The molecule has 9 nitrogen and oxygen atoms in total. The second kappa shape index (κ2) is 13.9. The van der Waals surface area contributed by atoms with Crippen LogP contribution in [0.2, 0.25) is 5.15 Å². The molecule has 0 spiro atoms. The fraction of sp³-hybridized carbons (Fsp3) is 0.167. The van der Waals surface area contributed by atoms with E-state index in [1.54, 1.807) is 50.5 Å². The number of carbonyl (C=O) groups excluding carboxylic acids is 2. The second-order valence-electron chi connectivity index (χ2n) is 9.13. The average Bonchev–Trinajstić information content (AvgIpc) is 2.98. The highest BCUT2D eigenvalue weighted by molar-refractivity contribution is 7.92. The maximum absolute atomic E-state index is 13.4. The Balaban J connectivity index is 1.41. The van der Waals surface area contributed by atoms with Crippen LogP contribution in [0.4, 0.5) is 11.4 Å². The van der Waals surface area contributed by atoms with Gasteiger partial charge in [0.25, 0.3) is 11.8 Å². The first-order valence-corrected chi connectivity index (χ1v) is 14.2. The van der Waals surface area contributed by atoms with Crippen molar-refractivity contribution in [1.29, 1.82) is 0 Å². The van der Waals surface area contributed by atoms with Gasteiger partial charge >= 0.3 is 0 Å². The van der Waals surface area contributed by atoms with E-state index in [9.17, 15) is 14.1 Å². The smallest absolute Gasteiger partial charge is 0.270 e. The Bertz CT molecular complexity index is 1530. The molecule has 1 unspecified atom stereocenters. The number of hydrogen-bond acceptors (Lipinski definition) is 7. The third kappa shape index (κ3) is 7.91. The quantitative estimate of drug-likeness (QED) is 0.126. The molecule has 0 bridgehead atoms. The van der Waals surface area contributed by atoms with Gasteiger partial charge in [0.2, 0.25) is 4.90 Å². The van der Waals surface area contributed by atoms with E-state index >= 15 is 0 Å². The Labute approximate surface area is 247 Å². The highest BCUT2D eigenvalue weighted by atomic mass is 35.5. The molecule has 41 heavy (non-hydrogen) atoms. The van der Waals surface area contributed by atoms with E-state index in [2.05, 4.69) is 20.3 Å². The molecule has 1 heterocycles. The molecule has 1 aromatic heterocycles. The molecule has 0 aliphatic rings. The molecule has 0 fully saturated rings. The lowest BCUT2D eigenvalue weighted by Gasteiger charge is -2.16. The van der Waals surface area contributed by atoms with Gasteiger partial charge in [0.05, 0.1) is 12.8 Å². The zero-order valence-corrected chi connectivity index (χ0v) is 24.4. The van der Waals surface area contributed by atoms with Crippen LogP contribution in [0.15, 0.2) is 89.8 Å². The van der Waals surface area contributed by atoms with Crippen LogP contribution in [0.5, 0.6) is 5.75 Å². The minimum Gasteiger partial charge on any atom is -0.588 e. The van der Waals surface area contributed by atoms with Crippen molar-refractivity contribution in [3.8, 4) is 16.9 Å². The maximum Gasteiger partial charge on any atom is 0.270 e. The van der Waals surface area contributed by atoms with Gasteiger partial charge < -0.3 is 24.8 Å². The largest absolute Gasteiger partial charge is 0.588 e. The number of hydrogen-bond donors (Lipinski definition) is 3. The fourth-order valence-corrected chi connectivity index (χ4v) is 5.14. The molecule has 0 radical (unpaired) electrons. The molecule has 0 aliphatic carbocycles. The van der Waals surface area contributed by atoms with Gasteiger partial charge in [0, 0.05) is 44.5 Å². The number of carbonyl (C=O) groups is 2. The van der Waals surface area contributed by atoms with Gasteiger partial charge in [-0.2, -0.15) is 0 Å². The molecule has 2 amide bonds. The number of halogens is 1. The van der Waals surface area contributed by atoms with E-state index in [0.717, 1.165) is 16.8 Å². The Morgan fingerprint density at radius 1 is 0.927 bits per heavy atom. The van der Waals surface area contributed by atoms with Crippen LogP contribution in [0.25, 0.3) is 11.1 Å². The standard InChI is InChI=1S/C30H30ClN5O4S/c1-36(2)30(38)22-8-4-7-20(17-22)21-13-14-26(40-3)27(18-21)41(39)35-24-10-5-9-23(19-24)32-15-16-33-29(37)25-11-6-12-28(31)34-25/h4-14,17-19,32,35H,15-16H2,1-3H3,(H,33,37). The fourth-order valence-electron chi connectivity index (χ4n) is 3.95. The van der Waals surface area contributed by atoms with Crippen molar-refractivity contribution < 1.29 is 18.9 Å². The first-order chi connectivity index (χ1) is 19.7. The van der Waals surface area contributed by atoms with Crippen LogP contribution >= 0.6 is 11.6 Å². The predicted octanol–water partition coefficient (Wildman–Crippen LogP) is 5.09. The molecule has 0 saturated carbocycles. The van der Waals surface area contributed by atoms with Gasteiger partial charge in [-0.1, -0.05) is 41.9 Å². The number of anilines is 2. The first-order valence-electron chi connectivity index (χ1n) is 12.7. The Hall–Kier alpha value is -4.25. The SMILES string of the molecule is COc1ccc(-c2cccc(C(=O)N(C)C)c2)cc1[S+]([O-])Nc1cccc(NCCNC(=O)c2cccc(Cl)n2)c1. The van der Waals surface area contributed by atoms with Gasteiger partial charge in [0.15, 0.2) is 5.75 Å². The van der Waals surface area contributed by atoms with E-state index in [-0.39, 0.29) is 22.7 Å². The number of methoxy groups -OCH3 is 1. The molecule has 0 aliphatic heterocycles. The van der Waals surface area contributed by atoms with E-state index in [4.69, 9.17) is 16.3 Å². The molecule has 4 aromatic rings. The van der Waals surface area contributed by atoms with E-state index in [1.807, 2.05) is 48.5 Å². The number of rotatable bonds is 11. The summed E-state index contributed by atoms with van der Waals surface area (Å²) < 4.78 is 21.9. The summed E-state index contributed by atoms with van der Waals surface area (Å²) in [6, 6.07) is 24.9. The zero-order valence-electron chi connectivity index (χ0n) is 22.8. The van der Waals surface area contributed by atoms with Crippen LogP contribution in [0.1, 0.15) is 20.8 Å². The number of nitrogens with one attached hydrogen (secondary N) is 3. The Morgan fingerprint density at radius 3 is 2.41 bits per heavy atom. The third-order valence-electron chi connectivity index (χ3n) is 5.97. The van der Waals surface area contributed by atoms with E-state index in [1.165, 1.54) is 12.0 Å². The number of pyridine rings is 1. The van der Waals surface area contributed by atoms with Crippen molar-refractivity contribution >= 4 is 46.2 Å². The van der Waals surface area contributed by atoms with Crippen LogP contribution in [0, 0.1) is 0 Å². The minimum absolute atomic E-state index is 0.0974. The molecule has 212 valence electrons. The zero-order chi connectivity index (χ0) is 29.4. The van der Waals surface area contributed by atoms with Crippen molar-refractivity contribution in [2.45, 2.75) is 4.90 Å². The predicted molar refractivity (Wildman–Crippen MR) is 163 cm³/mol. The van der Waals surface area contributed by atoms with Crippen molar-refractivity contribution in [3.63, 3.8) is 0 Å². The third-order valence-corrected chi connectivity index (χ3v) is 7.32. The molecule has 0 saturated heterocycles. The number of ether oxygens (including phenoxy) is 1. The lowest BCUT2D eigenvalue weighted by molar-refractivity contribution is 0.0827. The summed E-state index contributed by atoms with van der Waals surface area (Å²) >= 11 is 4.20. The molecular formula is C30H30ClN5O4S. The minimum atomic E-state index is -1.65. The van der Waals surface area contributed by atoms with Gasteiger partial charge in [-0.15, -0.1) is 0 Å². The summed E-state index contributed by atoms with van der Waals surface area (Å²) in [5.74, 6) is 0.0615. The average molecular weight is 592 g/mol. The number of aromatic nitrogens is 1. The van der Waals surface area contributed by atoms with Crippen molar-refractivity contribution in [2.24, 2.45) is 0 Å². The van der Waals surface area contributed by atoms with Gasteiger partial charge in [0.1, 0.15) is 22.2 Å². The van der Waals surface area contributed by atoms with Crippen molar-refractivity contribution in [1.82, 2.24) is 15.2 Å². The molecule has 3 aromatic carbocycles. The van der Waals surface area contributed by atoms with Crippen LogP contribution in [-0.2, 0) is 11.4 Å². The van der Waals surface area contributed by atoms with E-state index < -0.39 is 11.4 Å². The summed E-state index contributed by atoms with van der Waals surface area (Å²) in [6.07, 6.45) is 0. The van der Waals surface area contributed by atoms with Gasteiger partial charge in [-0.25, -0.2) is 9.71 Å². The molecule has 3 N–H and O–H groups in total. The number of amides is 2. The summed E-state index contributed by atoms with van der Waals surface area (Å²) in [5, 5.41) is 6.28. The molecule has 11 heteroatoms. The Kier molecular flexibility index (Phi) is 10.1. The van der Waals surface area contributed by atoms with E-state index in [0.29, 0.717) is 35.0 Å². The summed E-state index contributed by atoms with van der Waals surface area (Å²) in [7, 11) is 4.94. The summed E-state index contributed by atoms with van der Waals surface area (Å²) in [5.41, 5.74) is 3.85. The van der Waals surface area contributed by atoms with Crippen LogP contribution in [0.3, 0.4) is 0 Å². The summed E-state index contributed by atoms with van der Waals surface area (Å²) in [4.78, 5) is 30.6. The first kappa shape index (κ1) is 29.7. The second-order valence-corrected chi connectivity index (χ2v) is 10.7. The normalized spacial score (nSPS) is 11.3. The van der Waals surface area contributed by atoms with Crippen LogP contribution < -0.4 is 20.1 Å². The van der Waals surface area contributed by atoms with Crippen molar-refractivity contribution in [2.75, 3.05) is 44.3 Å². The lowest BCUT2D eigenvalue weighted by Crippen LogP contribution is -2.29. The van der Waals surface area contributed by atoms with Crippen molar-refractivity contribution in [3.05, 3.63) is 101 Å². The number of benzene rings is 3. The lowest BCUT2D eigenvalue weighted by atomic mass is 10.0.